The zero-order valence-corrected chi connectivity index (χ0v) is 14.8. The summed E-state index contributed by atoms with van der Waals surface area (Å²) in [6.45, 7) is 2.37. The number of nitrogens with one attached hydrogen (secondary N) is 1. The van der Waals surface area contributed by atoms with Gasteiger partial charge in [0.25, 0.3) is 5.91 Å². The number of halogens is 2. The summed E-state index contributed by atoms with van der Waals surface area (Å²) in [6, 6.07) is 3.45. The first-order valence-corrected chi connectivity index (χ1v) is 9.33. The van der Waals surface area contributed by atoms with Crippen molar-refractivity contribution < 1.29 is 18.3 Å². The first-order valence-electron chi connectivity index (χ1n) is 9.33. The van der Waals surface area contributed by atoms with Gasteiger partial charge in [0.2, 0.25) is 0 Å². The molecule has 2 fully saturated rings. The molecule has 1 saturated heterocycles. The molecular weight excluding hydrogens is 354 g/mol. The highest BCUT2D eigenvalue weighted by atomic mass is 19.1. The molecule has 0 spiro atoms. The highest BCUT2D eigenvalue weighted by Gasteiger charge is 2.44. The van der Waals surface area contributed by atoms with Gasteiger partial charge in [0.05, 0.1) is 18.9 Å². The van der Waals surface area contributed by atoms with Crippen molar-refractivity contribution in [3.63, 3.8) is 0 Å². The number of morpholine rings is 1. The average Bonchev–Trinajstić information content (AvgIpc) is 3.35. The van der Waals surface area contributed by atoms with E-state index in [1.54, 1.807) is 0 Å². The number of fused-ring (bicyclic) bond motifs is 5. The van der Waals surface area contributed by atoms with Crippen LogP contribution in [0.5, 0.6) is 0 Å². The van der Waals surface area contributed by atoms with Crippen molar-refractivity contribution in [2.24, 2.45) is 0 Å². The number of hydrazine groups is 1. The molecule has 27 heavy (non-hydrogen) atoms. The fraction of sp³-hybridized carbons (Fsp3) is 0.474. The van der Waals surface area contributed by atoms with E-state index in [0.717, 1.165) is 36.6 Å². The van der Waals surface area contributed by atoms with Crippen LogP contribution in [0, 0.1) is 11.6 Å². The normalized spacial score (nSPS) is 24.2. The van der Waals surface area contributed by atoms with Crippen molar-refractivity contribution in [2.45, 2.75) is 31.1 Å². The topological polar surface area (TPSA) is 59.4 Å². The summed E-state index contributed by atoms with van der Waals surface area (Å²) >= 11 is 0. The molecule has 8 heteroatoms. The fourth-order valence-electron chi connectivity index (χ4n) is 4.61. The van der Waals surface area contributed by atoms with Crippen molar-refractivity contribution in [3.05, 3.63) is 46.8 Å². The Morgan fingerprint density at radius 1 is 1.19 bits per heavy atom. The Hall–Kier alpha value is -2.32. The lowest BCUT2D eigenvalue weighted by Gasteiger charge is -2.26. The number of nitrogens with zero attached hydrogens (tertiary/aromatic N) is 3. The SMILES string of the molecule is O=C(NN1CCOCC1)c1nn(-c2ccc(F)cc2F)c2c1C1CCC2C1. The lowest BCUT2D eigenvalue weighted by Crippen LogP contribution is -2.48. The minimum atomic E-state index is -0.678. The molecule has 1 aromatic heterocycles. The van der Waals surface area contributed by atoms with Crippen molar-refractivity contribution in [1.82, 2.24) is 20.2 Å². The third-order valence-electron chi connectivity index (χ3n) is 5.81. The molecule has 142 valence electrons. The van der Waals surface area contributed by atoms with E-state index in [-0.39, 0.29) is 23.4 Å². The van der Waals surface area contributed by atoms with Gasteiger partial charge >= 0.3 is 0 Å². The monoisotopic (exact) mass is 374 g/mol. The maximum Gasteiger partial charge on any atom is 0.286 e. The lowest BCUT2D eigenvalue weighted by atomic mass is 9.95. The minimum Gasteiger partial charge on any atom is -0.379 e. The number of hydrogen-bond acceptors (Lipinski definition) is 4. The predicted octanol–water partition coefficient (Wildman–Crippen LogP) is 2.49. The van der Waals surface area contributed by atoms with Crippen LogP contribution in [0.25, 0.3) is 5.69 Å². The quantitative estimate of drug-likeness (QED) is 0.897. The number of carbonyl (C=O) groups excluding carboxylic acids is 1. The van der Waals surface area contributed by atoms with E-state index >= 15 is 0 Å². The van der Waals surface area contributed by atoms with E-state index in [4.69, 9.17) is 4.74 Å². The van der Waals surface area contributed by atoms with Crippen molar-refractivity contribution >= 4 is 5.91 Å². The fourth-order valence-corrected chi connectivity index (χ4v) is 4.61. The molecule has 3 aliphatic rings. The molecule has 2 unspecified atom stereocenters. The average molecular weight is 374 g/mol. The number of hydrogen-bond donors (Lipinski definition) is 1. The van der Waals surface area contributed by atoms with Crippen LogP contribution in [0.3, 0.4) is 0 Å². The number of amides is 1. The molecule has 2 heterocycles. The number of carbonyl (C=O) groups is 1. The maximum atomic E-state index is 14.4. The third-order valence-corrected chi connectivity index (χ3v) is 5.81. The second-order valence-electron chi connectivity index (χ2n) is 7.40. The largest absolute Gasteiger partial charge is 0.379 e. The molecule has 2 aromatic rings. The summed E-state index contributed by atoms with van der Waals surface area (Å²) < 4.78 is 34.6. The molecule has 1 aliphatic heterocycles. The van der Waals surface area contributed by atoms with Gasteiger partial charge in [-0.25, -0.2) is 18.5 Å². The Kier molecular flexibility index (Phi) is 3.98. The Morgan fingerprint density at radius 2 is 1.96 bits per heavy atom. The van der Waals surface area contributed by atoms with Crippen LogP contribution >= 0.6 is 0 Å². The van der Waals surface area contributed by atoms with Crippen LogP contribution in [0.1, 0.15) is 52.8 Å². The number of rotatable bonds is 3. The van der Waals surface area contributed by atoms with E-state index in [1.807, 2.05) is 5.01 Å². The number of benzene rings is 1. The predicted molar refractivity (Wildman–Crippen MR) is 92.7 cm³/mol. The second kappa shape index (κ2) is 6.38. The van der Waals surface area contributed by atoms with E-state index in [0.29, 0.717) is 32.0 Å². The standard InChI is InChI=1S/C19H20F2N4O2/c20-13-3-4-15(14(21)10-13)25-18-12-2-1-11(9-12)16(18)17(22-25)19(26)23-24-5-7-27-8-6-24/h3-4,10-12H,1-2,5-9H2,(H,23,26). The summed E-state index contributed by atoms with van der Waals surface area (Å²) in [5.41, 5.74) is 5.28. The lowest BCUT2D eigenvalue weighted by molar-refractivity contribution is 0.0124. The summed E-state index contributed by atoms with van der Waals surface area (Å²) in [5.74, 6) is -1.03. The van der Waals surface area contributed by atoms with Crippen molar-refractivity contribution in [1.29, 1.82) is 0 Å². The van der Waals surface area contributed by atoms with E-state index < -0.39 is 11.6 Å². The molecule has 5 rings (SSSR count). The van der Waals surface area contributed by atoms with Gasteiger partial charge in [-0.3, -0.25) is 10.2 Å². The van der Waals surface area contributed by atoms with Gasteiger partial charge in [0.15, 0.2) is 11.5 Å². The van der Waals surface area contributed by atoms with Crippen LogP contribution in [-0.4, -0.2) is 47.0 Å². The van der Waals surface area contributed by atoms with Gasteiger partial charge < -0.3 is 4.74 Å². The third kappa shape index (κ3) is 2.74. The van der Waals surface area contributed by atoms with Crippen LogP contribution in [0.4, 0.5) is 8.78 Å². The van der Waals surface area contributed by atoms with Gasteiger partial charge in [-0.15, -0.1) is 0 Å². The highest BCUT2D eigenvalue weighted by molar-refractivity contribution is 5.94. The Balaban J connectivity index is 1.55. The smallest absolute Gasteiger partial charge is 0.286 e. The molecular formula is C19H20F2N4O2. The van der Waals surface area contributed by atoms with E-state index in [9.17, 15) is 13.6 Å². The van der Waals surface area contributed by atoms with Gasteiger partial charge in [0, 0.05) is 30.6 Å². The molecule has 2 atom stereocenters. The van der Waals surface area contributed by atoms with Crippen molar-refractivity contribution in [3.8, 4) is 5.69 Å². The summed E-state index contributed by atoms with van der Waals surface area (Å²) in [5, 5.41) is 6.31. The molecule has 1 N–H and O–H groups in total. The van der Waals surface area contributed by atoms with Crippen molar-refractivity contribution in [2.75, 3.05) is 26.3 Å². The van der Waals surface area contributed by atoms with Crippen LogP contribution in [0.2, 0.25) is 0 Å². The van der Waals surface area contributed by atoms with Crippen LogP contribution < -0.4 is 5.43 Å². The molecule has 2 aliphatic carbocycles. The van der Waals surface area contributed by atoms with E-state index in [1.165, 1.54) is 16.8 Å². The Labute approximate surface area is 155 Å². The zero-order valence-electron chi connectivity index (χ0n) is 14.8. The highest BCUT2D eigenvalue weighted by Crippen LogP contribution is 2.54. The first-order chi connectivity index (χ1) is 13.1. The Morgan fingerprint density at radius 3 is 2.74 bits per heavy atom. The maximum absolute atomic E-state index is 14.4. The summed E-state index contributed by atoms with van der Waals surface area (Å²) in [6.07, 6.45) is 3.00. The Bertz CT molecular complexity index is 907. The molecule has 0 radical (unpaired) electrons. The number of ether oxygens (including phenoxy) is 1. The van der Waals surface area contributed by atoms with Gasteiger partial charge in [-0.05, 0) is 37.3 Å². The summed E-state index contributed by atoms with van der Waals surface area (Å²) in [7, 11) is 0. The second-order valence-corrected chi connectivity index (χ2v) is 7.40. The van der Waals surface area contributed by atoms with Gasteiger partial charge in [0.1, 0.15) is 11.5 Å². The summed E-state index contributed by atoms with van der Waals surface area (Å²) in [4.78, 5) is 12.9. The molecule has 1 amide bonds. The van der Waals surface area contributed by atoms with Gasteiger partial charge in [-0.1, -0.05) is 0 Å². The van der Waals surface area contributed by atoms with Gasteiger partial charge in [-0.2, -0.15) is 5.10 Å². The molecule has 6 nitrogen and oxygen atoms in total. The molecule has 2 bridgehead atoms. The first kappa shape index (κ1) is 16.8. The number of aromatic nitrogens is 2. The molecule has 1 saturated carbocycles. The van der Waals surface area contributed by atoms with E-state index in [2.05, 4.69) is 10.5 Å². The van der Waals surface area contributed by atoms with Crippen LogP contribution in [-0.2, 0) is 4.74 Å². The molecule has 1 aromatic carbocycles. The minimum absolute atomic E-state index is 0.186. The zero-order chi connectivity index (χ0) is 18.5. The van der Waals surface area contributed by atoms with Crippen LogP contribution in [0.15, 0.2) is 18.2 Å².